The highest BCUT2D eigenvalue weighted by Gasteiger charge is 2.10. The second-order valence-electron chi connectivity index (χ2n) is 3.22. The predicted octanol–water partition coefficient (Wildman–Crippen LogP) is 1.89. The first kappa shape index (κ1) is 9.30. The van der Waals surface area contributed by atoms with Crippen LogP contribution in [-0.4, -0.2) is 9.59 Å². The van der Waals surface area contributed by atoms with E-state index in [0.717, 1.165) is 11.3 Å². The number of benzene rings is 1. The Morgan fingerprint density at radius 1 is 1.43 bits per heavy atom. The maximum Gasteiger partial charge on any atom is 0.0967 e. The van der Waals surface area contributed by atoms with Crippen LogP contribution in [0.2, 0.25) is 0 Å². The number of hydrogen-bond acceptors (Lipinski definition) is 4. The zero-order valence-electron chi connectivity index (χ0n) is 7.84. The van der Waals surface area contributed by atoms with E-state index < -0.39 is 0 Å². The van der Waals surface area contributed by atoms with Crippen LogP contribution in [0.25, 0.3) is 0 Å². The maximum absolute atomic E-state index is 6.03. The molecule has 2 aromatic rings. The lowest BCUT2D eigenvalue weighted by molar-refractivity contribution is 0.817. The van der Waals surface area contributed by atoms with E-state index in [1.165, 1.54) is 17.1 Å². The van der Waals surface area contributed by atoms with Crippen molar-refractivity contribution in [3.8, 4) is 0 Å². The van der Waals surface area contributed by atoms with Crippen LogP contribution < -0.4 is 5.73 Å². The molecule has 0 amide bonds. The summed E-state index contributed by atoms with van der Waals surface area (Å²) in [5, 5.41) is 5.85. The highest BCUT2D eigenvalue weighted by Crippen LogP contribution is 2.18. The molecule has 0 saturated heterocycles. The van der Waals surface area contributed by atoms with Gasteiger partial charge >= 0.3 is 0 Å². The maximum atomic E-state index is 6.03. The van der Waals surface area contributed by atoms with E-state index in [-0.39, 0.29) is 6.04 Å². The second kappa shape index (κ2) is 3.86. The molecule has 1 aromatic carbocycles. The van der Waals surface area contributed by atoms with Gasteiger partial charge < -0.3 is 5.73 Å². The van der Waals surface area contributed by atoms with Crippen LogP contribution in [0.3, 0.4) is 0 Å². The van der Waals surface area contributed by atoms with Crippen LogP contribution in [0, 0.1) is 6.92 Å². The summed E-state index contributed by atoms with van der Waals surface area (Å²) in [6.07, 6.45) is 0. The molecule has 0 bridgehead atoms. The Bertz CT molecular complexity index is 411. The Kier molecular flexibility index (Phi) is 2.56. The topological polar surface area (TPSA) is 51.8 Å². The molecule has 0 fully saturated rings. The molecule has 0 aliphatic carbocycles. The Morgan fingerprint density at radius 3 is 2.93 bits per heavy atom. The fourth-order valence-corrected chi connectivity index (χ4v) is 1.83. The molecule has 2 N–H and O–H groups in total. The second-order valence-corrected chi connectivity index (χ2v) is 3.83. The van der Waals surface area contributed by atoms with E-state index in [4.69, 9.17) is 5.73 Å². The largest absolute Gasteiger partial charge is 0.319 e. The van der Waals surface area contributed by atoms with Crippen molar-refractivity contribution in [3.63, 3.8) is 0 Å². The van der Waals surface area contributed by atoms with Crippen LogP contribution >= 0.6 is 11.5 Å². The van der Waals surface area contributed by atoms with Crippen LogP contribution in [0.4, 0.5) is 0 Å². The van der Waals surface area contributed by atoms with Gasteiger partial charge in [0.05, 0.1) is 11.7 Å². The van der Waals surface area contributed by atoms with Gasteiger partial charge in [-0.1, -0.05) is 34.3 Å². The number of rotatable bonds is 2. The first-order chi connectivity index (χ1) is 6.77. The fraction of sp³-hybridized carbons (Fsp3) is 0.200. The highest BCUT2D eigenvalue weighted by atomic mass is 32.1. The van der Waals surface area contributed by atoms with E-state index in [2.05, 4.69) is 28.6 Å². The zero-order chi connectivity index (χ0) is 9.97. The molecule has 0 spiro atoms. The van der Waals surface area contributed by atoms with Crippen molar-refractivity contribution in [1.82, 2.24) is 9.59 Å². The van der Waals surface area contributed by atoms with E-state index >= 15 is 0 Å². The van der Waals surface area contributed by atoms with Gasteiger partial charge in [-0.3, -0.25) is 0 Å². The van der Waals surface area contributed by atoms with E-state index in [0.29, 0.717) is 0 Å². The van der Waals surface area contributed by atoms with Gasteiger partial charge in [-0.25, -0.2) is 0 Å². The third-order valence-electron chi connectivity index (χ3n) is 2.10. The van der Waals surface area contributed by atoms with Crippen LogP contribution in [0.15, 0.2) is 29.6 Å². The molecule has 4 heteroatoms. The molecule has 2 rings (SSSR count). The van der Waals surface area contributed by atoms with Crippen LogP contribution in [-0.2, 0) is 0 Å². The number of nitrogens with two attached hydrogens (primary N) is 1. The Morgan fingerprint density at radius 2 is 2.29 bits per heavy atom. The summed E-state index contributed by atoms with van der Waals surface area (Å²) >= 11 is 1.33. The summed E-state index contributed by atoms with van der Waals surface area (Å²) in [6, 6.07) is 7.98. The number of aryl methyl sites for hydroxylation is 1. The zero-order valence-corrected chi connectivity index (χ0v) is 8.66. The normalized spacial score (nSPS) is 12.7. The van der Waals surface area contributed by atoms with Crippen molar-refractivity contribution < 1.29 is 0 Å². The molecule has 72 valence electrons. The first-order valence-electron chi connectivity index (χ1n) is 4.36. The quantitative estimate of drug-likeness (QED) is 0.814. The molecule has 3 nitrogen and oxygen atoms in total. The minimum absolute atomic E-state index is 0.159. The molecular weight excluding hydrogens is 194 g/mol. The third-order valence-corrected chi connectivity index (χ3v) is 2.62. The summed E-state index contributed by atoms with van der Waals surface area (Å²) in [7, 11) is 0. The number of aromatic nitrogens is 2. The van der Waals surface area contributed by atoms with E-state index in [9.17, 15) is 0 Å². The molecule has 1 atom stereocenters. The molecule has 1 heterocycles. The molecule has 14 heavy (non-hydrogen) atoms. The van der Waals surface area contributed by atoms with Gasteiger partial charge in [-0.2, -0.15) is 0 Å². The smallest absolute Gasteiger partial charge is 0.0967 e. The Balaban J connectivity index is 2.32. The van der Waals surface area contributed by atoms with Crippen molar-refractivity contribution in [2.75, 3.05) is 0 Å². The average Bonchev–Trinajstić information content (AvgIpc) is 2.69. The van der Waals surface area contributed by atoms with Crippen LogP contribution in [0.1, 0.15) is 22.9 Å². The summed E-state index contributed by atoms with van der Waals surface area (Å²) in [5.74, 6) is 0. The summed E-state index contributed by atoms with van der Waals surface area (Å²) in [5.41, 5.74) is 9.16. The van der Waals surface area contributed by atoms with Gasteiger partial charge in [0.15, 0.2) is 0 Å². The molecule has 1 aromatic heterocycles. The van der Waals surface area contributed by atoms with Gasteiger partial charge in [-0.05, 0) is 24.0 Å². The first-order valence-corrected chi connectivity index (χ1v) is 5.20. The van der Waals surface area contributed by atoms with E-state index in [1.54, 1.807) is 0 Å². The van der Waals surface area contributed by atoms with Crippen molar-refractivity contribution in [2.24, 2.45) is 5.73 Å². The lowest BCUT2D eigenvalue weighted by Gasteiger charge is -2.08. The molecule has 0 saturated carbocycles. The Labute approximate surface area is 86.7 Å². The highest BCUT2D eigenvalue weighted by molar-refractivity contribution is 7.03. The lowest BCUT2D eigenvalue weighted by Crippen LogP contribution is -2.12. The standard InChI is InChI=1S/C10H11N3S/c1-7-3-2-4-8(5-7)10(11)9-6-14-13-12-9/h2-6,10H,11H2,1H3. The fourth-order valence-electron chi connectivity index (χ4n) is 1.34. The van der Waals surface area contributed by atoms with Gasteiger partial charge in [0.2, 0.25) is 0 Å². The molecule has 0 aliphatic rings. The summed E-state index contributed by atoms with van der Waals surface area (Å²) in [4.78, 5) is 0. The average molecular weight is 205 g/mol. The monoisotopic (exact) mass is 205 g/mol. The number of hydrogen-bond donors (Lipinski definition) is 1. The van der Waals surface area contributed by atoms with Crippen molar-refractivity contribution in [3.05, 3.63) is 46.5 Å². The van der Waals surface area contributed by atoms with Crippen LogP contribution in [0.5, 0.6) is 0 Å². The third kappa shape index (κ3) is 1.81. The van der Waals surface area contributed by atoms with Gasteiger partial charge in [0.25, 0.3) is 0 Å². The van der Waals surface area contributed by atoms with Crippen molar-refractivity contribution >= 4 is 11.5 Å². The molecule has 1 unspecified atom stereocenters. The lowest BCUT2D eigenvalue weighted by atomic mass is 10.0. The number of nitrogens with zero attached hydrogens (tertiary/aromatic N) is 2. The van der Waals surface area contributed by atoms with Gasteiger partial charge in [0.1, 0.15) is 0 Å². The van der Waals surface area contributed by atoms with Gasteiger partial charge in [-0.15, -0.1) is 5.10 Å². The molecule has 0 aliphatic heterocycles. The minimum atomic E-state index is -0.159. The van der Waals surface area contributed by atoms with Crippen molar-refractivity contribution in [2.45, 2.75) is 13.0 Å². The Hall–Kier alpha value is -1.26. The summed E-state index contributed by atoms with van der Waals surface area (Å²) in [6.45, 7) is 2.05. The predicted molar refractivity (Wildman–Crippen MR) is 57.1 cm³/mol. The van der Waals surface area contributed by atoms with Gasteiger partial charge in [0, 0.05) is 5.38 Å². The molecular formula is C10H11N3S. The van der Waals surface area contributed by atoms with Crippen molar-refractivity contribution in [1.29, 1.82) is 0 Å². The summed E-state index contributed by atoms with van der Waals surface area (Å²) < 4.78 is 3.80. The minimum Gasteiger partial charge on any atom is -0.319 e. The van der Waals surface area contributed by atoms with E-state index in [1.807, 2.05) is 17.5 Å². The molecule has 0 radical (unpaired) electrons. The SMILES string of the molecule is Cc1cccc(C(N)c2csnn2)c1.